The molecule has 1 aromatic carbocycles. The molecule has 126 valence electrons. The second-order valence-corrected chi connectivity index (χ2v) is 6.21. The zero-order valence-electron chi connectivity index (χ0n) is 13.3. The number of ether oxygens (including phenoxy) is 1. The number of rotatable bonds is 6. The van der Waals surface area contributed by atoms with Gasteiger partial charge in [-0.1, -0.05) is 19.1 Å². The van der Waals surface area contributed by atoms with Crippen LogP contribution in [0.3, 0.4) is 0 Å². The van der Waals surface area contributed by atoms with Gasteiger partial charge in [-0.25, -0.2) is 9.59 Å². The number of hydrogen-bond acceptors (Lipinski definition) is 5. The van der Waals surface area contributed by atoms with Crippen molar-refractivity contribution >= 4 is 28.7 Å². The van der Waals surface area contributed by atoms with Gasteiger partial charge in [-0.3, -0.25) is 14.3 Å². The Hall–Kier alpha value is -2.22. The molecule has 1 rings (SSSR count). The molecule has 0 fully saturated rings. The van der Waals surface area contributed by atoms with Crippen molar-refractivity contribution in [3.8, 4) is 0 Å². The molecule has 0 saturated carbocycles. The SMILES string of the molecule is CC[C@H](C)NC(=O)NC(=O)COC(=O)c1ccccc1[S@@](C)=O. The second kappa shape index (κ2) is 9.04. The third kappa shape index (κ3) is 6.19. The molecule has 0 spiro atoms. The van der Waals surface area contributed by atoms with Crippen molar-refractivity contribution < 1.29 is 23.3 Å². The van der Waals surface area contributed by atoms with E-state index >= 15 is 0 Å². The van der Waals surface area contributed by atoms with Crippen LogP contribution < -0.4 is 10.6 Å². The third-order valence-corrected chi connectivity index (χ3v) is 3.97. The lowest BCUT2D eigenvalue weighted by atomic mass is 10.2. The summed E-state index contributed by atoms with van der Waals surface area (Å²) in [6.45, 7) is 3.09. The molecule has 0 aliphatic rings. The van der Waals surface area contributed by atoms with Crippen LogP contribution in [0.1, 0.15) is 30.6 Å². The minimum Gasteiger partial charge on any atom is -0.452 e. The molecule has 0 aliphatic heterocycles. The Balaban J connectivity index is 2.55. The minimum absolute atomic E-state index is 0.0724. The van der Waals surface area contributed by atoms with Crippen molar-refractivity contribution in [1.29, 1.82) is 0 Å². The monoisotopic (exact) mass is 340 g/mol. The van der Waals surface area contributed by atoms with Crippen molar-refractivity contribution in [2.24, 2.45) is 0 Å². The van der Waals surface area contributed by atoms with Crippen LogP contribution in [0.2, 0.25) is 0 Å². The van der Waals surface area contributed by atoms with E-state index in [4.69, 9.17) is 4.74 Å². The van der Waals surface area contributed by atoms with Crippen LogP contribution in [0, 0.1) is 0 Å². The standard InChI is InChI=1S/C15H20N2O5S/c1-4-10(2)16-15(20)17-13(18)9-22-14(19)11-7-5-6-8-12(11)23(3)21/h5-8,10H,4,9H2,1-3H3,(H2,16,17,18,20)/t10-,23+/m0/s1. The molecular formula is C15H20N2O5S. The van der Waals surface area contributed by atoms with E-state index in [1.54, 1.807) is 25.1 Å². The molecule has 3 amide bonds. The van der Waals surface area contributed by atoms with Crippen molar-refractivity contribution in [2.45, 2.75) is 31.2 Å². The van der Waals surface area contributed by atoms with Crippen LogP contribution in [0.5, 0.6) is 0 Å². The summed E-state index contributed by atoms with van der Waals surface area (Å²) in [4.78, 5) is 35.3. The van der Waals surface area contributed by atoms with E-state index in [0.717, 1.165) is 6.42 Å². The number of amides is 3. The number of urea groups is 1. The molecule has 0 saturated heterocycles. The summed E-state index contributed by atoms with van der Waals surface area (Å²) in [6.07, 6.45) is 2.17. The van der Waals surface area contributed by atoms with Gasteiger partial charge in [0.2, 0.25) is 0 Å². The van der Waals surface area contributed by atoms with Crippen LogP contribution in [0.4, 0.5) is 4.79 Å². The zero-order valence-corrected chi connectivity index (χ0v) is 14.1. The summed E-state index contributed by atoms with van der Waals surface area (Å²) in [5.74, 6) is -1.51. The van der Waals surface area contributed by atoms with E-state index in [9.17, 15) is 18.6 Å². The number of imide groups is 1. The molecule has 23 heavy (non-hydrogen) atoms. The highest BCUT2D eigenvalue weighted by molar-refractivity contribution is 7.84. The molecule has 0 aromatic heterocycles. The minimum atomic E-state index is -1.36. The number of nitrogens with one attached hydrogen (secondary N) is 2. The molecule has 0 radical (unpaired) electrons. The van der Waals surface area contributed by atoms with E-state index in [1.807, 2.05) is 6.92 Å². The molecule has 0 heterocycles. The highest BCUT2D eigenvalue weighted by Crippen LogP contribution is 2.13. The normalized spacial score (nSPS) is 12.8. The van der Waals surface area contributed by atoms with Gasteiger partial charge in [-0.05, 0) is 25.5 Å². The molecule has 2 N–H and O–H groups in total. The van der Waals surface area contributed by atoms with Gasteiger partial charge in [-0.2, -0.15) is 0 Å². The summed E-state index contributed by atoms with van der Waals surface area (Å²) in [7, 11) is -1.36. The van der Waals surface area contributed by atoms with E-state index in [-0.39, 0.29) is 11.6 Å². The Bertz CT molecular complexity index is 618. The fourth-order valence-electron chi connectivity index (χ4n) is 1.62. The Morgan fingerprint density at radius 1 is 1.26 bits per heavy atom. The first-order chi connectivity index (χ1) is 10.8. The van der Waals surface area contributed by atoms with E-state index in [2.05, 4.69) is 10.6 Å². The van der Waals surface area contributed by atoms with Gasteiger partial charge < -0.3 is 10.1 Å². The van der Waals surface area contributed by atoms with Crippen LogP contribution in [0.25, 0.3) is 0 Å². The van der Waals surface area contributed by atoms with Gasteiger partial charge in [-0.15, -0.1) is 0 Å². The van der Waals surface area contributed by atoms with Crippen LogP contribution in [-0.4, -0.2) is 41.0 Å². The lowest BCUT2D eigenvalue weighted by Crippen LogP contribution is -2.44. The largest absolute Gasteiger partial charge is 0.452 e. The summed E-state index contributed by atoms with van der Waals surface area (Å²) in [5, 5.41) is 4.62. The number of benzene rings is 1. The molecule has 0 aliphatic carbocycles. The predicted molar refractivity (Wildman–Crippen MR) is 85.5 cm³/mol. The van der Waals surface area contributed by atoms with E-state index in [1.165, 1.54) is 12.3 Å². The molecule has 8 heteroatoms. The summed E-state index contributed by atoms with van der Waals surface area (Å²) in [5.41, 5.74) is 0.130. The maximum atomic E-state index is 11.9. The molecule has 2 atom stereocenters. The van der Waals surface area contributed by atoms with Gasteiger partial charge in [0, 0.05) is 12.3 Å². The summed E-state index contributed by atoms with van der Waals surface area (Å²) < 4.78 is 16.4. The molecule has 0 bridgehead atoms. The molecule has 7 nitrogen and oxygen atoms in total. The van der Waals surface area contributed by atoms with Crippen molar-refractivity contribution in [3.05, 3.63) is 29.8 Å². The quantitative estimate of drug-likeness (QED) is 0.758. The number of carbonyl (C=O) groups excluding carboxylic acids is 3. The van der Waals surface area contributed by atoms with Gasteiger partial charge in [0.25, 0.3) is 5.91 Å². The van der Waals surface area contributed by atoms with Crippen LogP contribution >= 0.6 is 0 Å². The Kier molecular flexibility index (Phi) is 7.40. The average molecular weight is 340 g/mol. The summed E-state index contributed by atoms with van der Waals surface area (Å²) >= 11 is 0. The topological polar surface area (TPSA) is 102 Å². The molecular weight excluding hydrogens is 320 g/mol. The maximum Gasteiger partial charge on any atom is 0.339 e. The second-order valence-electron chi connectivity index (χ2n) is 4.86. The highest BCUT2D eigenvalue weighted by Gasteiger charge is 2.17. The lowest BCUT2D eigenvalue weighted by Gasteiger charge is -2.12. The fraction of sp³-hybridized carbons (Fsp3) is 0.400. The maximum absolute atomic E-state index is 11.9. The van der Waals surface area contributed by atoms with Gasteiger partial charge in [0.15, 0.2) is 6.61 Å². The number of carbonyl (C=O) groups is 3. The highest BCUT2D eigenvalue weighted by atomic mass is 32.2. The van der Waals surface area contributed by atoms with Gasteiger partial charge in [0.05, 0.1) is 21.3 Å². The molecule has 0 unspecified atom stereocenters. The van der Waals surface area contributed by atoms with Gasteiger partial charge >= 0.3 is 12.0 Å². The first kappa shape index (κ1) is 18.8. The van der Waals surface area contributed by atoms with Crippen LogP contribution in [-0.2, 0) is 20.3 Å². The first-order valence-corrected chi connectivity index (χ1v) is 8.60. The number of esters is 1. The molecule has 1 aromatic rings. The van der Waals surface area contributed by atoms with Crippen LogP contribution in [0.15, 0.2) is 29.2 Å². The Morgan fingerprint density at radius 3 is 2.52 bits per heavy atom. The Morgan fingerprint density at radius 2 is 1.91 bits per heavy atom. The lowest BCUT2D eigenvalue weighted by molar-refractivity contribution is -0.123. The first-order valence-electron chi connectivity index (χ1n) is 7.05. The third-order valence-electron chi connectivity index (χ3n) is 2.99. The summed E-state index contributed by atoms with van der Waals surface area (Å²) in [6, 6.07) is 5.55. The van der Waals surface area contributed by atoms with Gasteiger partial charge in [0.1, 0.15) is 0 Å². The van der Waals surface area contributed by atoms with E-state index < -0.39 is 35.3 Å². The smallest absolute Gasteiger partial charge is 0.339 e. The zero-order chi connectivity index (χ0) is 17.4. The van der Waals surface area contributed by atoms with Crippen molar-refractivity contribution in [2.75, 3.05) is 12.9 Å². The van der Waals surface area contributed by atoms with Crippen molar-refractivity contribution in [1.82, 2.24) is 10.6 Å². The average Bonchev–Trinajstić information content (AvgIpc) is 2.52. The Labute approximate surface area is 137 Å². The van der Waals surface area contributed by atoms with Crippen molar-refractivity contribution in [3.63, 3.8) is 0 Å². The predicted octanol–water partition coefficient (Wildman–Crippen LogP) is 1.21. The fourth-order valence-corrected chi connectivity index (χ4v) is 2.35. The van der Waals surface area contributed by atoms with E-state index in [0.29, 0.717) is 4.90 Å². The number of hydrogen-bond donors (Lipinski definition) is 2.